The van der Waals surface area contributed by atoms with Gasteiger partial charge in [0.2, 0.25) is 0 Å². The molecule has 2 aromatic carbocycles. The van der Waals surface area contributed by atoms with E-state index >= 15 is 0 Å². The summed E-state index contributed by atoms with van der Waals surface area (Å²) < 4.78 is 2.40. The molecule has 0 spiro atoms. The third-order valence-corrected chi connectivity index (χ3v) is 5.88. The van der Waals surface area contributed by atoms with Crippen LogP contribution >= 0.6 is 22.9 Å². The molecule has 0 amide bonds. The number of phenols is 1. The van der Waals surface area contributed by atoms with Crippen LogP contribution in [0.2, 0.25) is 5.02 Å². The lowest BCUT2D eigenvalue weighted by Crippen LogP contribution is -1.90. The maximum atomic E-state index is 10.1. The molecule has 1 aromatic heterocycles. The second-order valence-electron chi connectivity index (χ2n) is 5.34. The quantitative estimate of drug-likeness (QED) is 0.618. The van der Waals surface area contributed by atoms with Gasteiger partial charge in [-0.1, -0.05) is 32.4 Å². The molecule has 0 aliphatic rings. The van der Waals surface area contributed by atoms with E-state index in [9.17, 15) is 5.11 Å². The Morgan fingerprint density at radius 2 is 1.62 bits per heavy atom. The van der Waals surface area contributed by atoms with Gasteiger partial charge in [0.1, 0.15) is 5.75 Å². The van der Waals surface area contributed by atoms with Crippen LogP contribution in [0.15, 0.2) is 18.2 Å². The fourth-order valence-electron chi connectivity index (χ4n) is 2.95. The highest BCUT2D eigenvalue weighted by Crippen LogP contribution is 2.42. The minimum Gasteiger partial charge on any atom is -0.508 e. The molecule has 0 atom stereocenters. The molecule has 0 aliphatic carbocycles. The van der Waals surface area contributed by atoms with Crippen LogP contribution in [0.5, 0.6) is 5.75 Å². The number of aromatic hydroxyl groups is 1. The molecule has 3 aromatic rings. The predicted octanol–water partition coefficient (Wildman–Crippen LogP) is 6.10. The first kappa shape index (κ1) is 14.7. The lowest BCUT2D eigenvalue weighted by molar-refractivity contribution is 0.470. The van der Waals surface area contributed by atoms with E-state index in [0.29, 0.717) is 5.75 Å². The van der Waals surface area contributed by atoms with Crippen LogP contribution in [0.3, 0.4) is 0 Å². The molecule has 1 nitrogen and oxygen atoms in total. The molecular formula is C18H19ClOS. The smallest absolute Gasteiger partial charge is 0.120 e. The summed E-state index contributed by atoms with van der Waals surface area (Å²) >= 11 is 8.30. The first-order valence-corrected chi connectivity index (χ1v) is 8.68. The van der Waals surface area contributed by atoms with Gasteiger partial charge in [-0.2, -0.15) is 0 Å². The zero-order valence-corrected chi connectivity index (χ0v) is 14.2. The normalized spacial score (nSPS) is 11.6. The Hall–Kier alpha value is -1.25. The minimum atomic E-state index is 0.399. The monoisotopic (exact) mass is 318 g/mol. The summed E-state index contributed by atoms with van der Waals surface area (Å²) in [6.45, 7) is 6.37. The Kier molecular flexibility index (Phi) is 3.85. The molecule has 3 rings (SSSR count). The van der Waals surface area contributed by atoms with Gasteiger partial charge in [0.05, 0.1) is 0 Å². The van der Waals surface area contributed by atoms with E-state index in [4.69, 9.17) is 11.6 Å². The van der Waals surface area contributed by atoms with Crippen LogP contribution in [0.25, 0.3) is 20.2 Å². The maximum absolute atomic E-state index is 10.1. The first-order valence-electron chi connectivity index (χ1n) is 7.48. The lowest BCUT2D eigenvalue weighted by atomic mass is 10.0. The molecule has 0 fully saturated rings. The van der Waals surface area contributed by atoms with Crippen molar-refractivity contribution in [1.29, 1.82) is 0 Å². The van der Waals surface area contributed by atoms with Crippen LogP contribution in [0.4, 0.5) is 0 Å². The molecular weight excluding hydrogens is 300 g/mol. The van der Waals surface area contributed by atoms with Crippen molar-refractivity contribution in [3.8, 4) is 5.75 Å². The highest BCUT2D eigenvalue weighted by atomic mass is 35.5. The van der Waals surface area contributed by atoms with Crippen LogP contribution < -0.4 is 0 Å². The Morgan fingerprint density at radius 3 is 2.24 bits per heavy atom. The van der Waals surface area contributed by atoms with E-state index in [2.05, 4.69) is 32.9 Å². The largest absolute Gasteiger partial charge is 0.508 e. The number of hydrogen-bond acceptors (Lipinski definition) is 2. The SMILES string of the molecule is CCc1cc2c(cc1O)sc1c(CC)c(Cl)c(CC)cc12. The Labute approximate surface area is 134 Å². The van der Waals surface area contributed by atoms with Crippen LogP contribution in [-0.4, -0.2) is 5.11 Å². The summed E-state index contributed by atoms with van der Waals surface area (Å²) in [5.74, 6) is 0.399. The molecule has 3 heteroatoms. The third kappa shape index (κ3) is 2.21. The van der Waals surface area contributed by atoms with Crippen LogP contribution in [0, 0.1) is 0 Å². The van der Waals surface area contributed by atoms with E-state index in [1.54, 1.807) is 11.3 Å². The molecule has 1 N–H and O–H groups in total. The molecule has 1 heterocycles. The van der Waals surface area contributed by atoms with Gasteiger partial charge in [0.15, 0.2) is 0 Å². The van der Waals surface area contributed by atoms with Gasteiger partial charge < -0.3 is 5.11 Å². The van der Waals surface area contributed by atoms with Gasteiger partial charge >= 0.3 is 0 Å². The van der Waals surface area contributed by atoms with Gasteiger partial charge in [0.25, 0.3) is 0 Å². The highest BCUT2D eigenvalue weighted by molar-refractivity contribution is 7.26. The fraction of sp³-hybridized carbons (Fsp3) is 0.333. The van der Waals surface area contributed by atoms with Crippen LogP contribution in [-0.2, 0) is 19.3 Å². The van der Waals surface area contributed by atoms with Gasteiger partial charge in [0, 0.05) is 25.2 Å². The summed E-state index contributed by atoms with van der Waals surface area (Å²) in [4.78, 5) is 0. The highest BCUT2D eigenvalue weighted by Gasteiger charge is 2.15. The molecule has 0 aliphatic heterocycles. The van der Waals surface area contributed by atoms with Gasteiger partial charge in [-0.3, -0.25) is 0 Å². The van der Waals surface area contributed by atoms with Crippen molar-refractivity contribution in [3.63, 3.8) is 0 Å². The van der Waals surface area contributed by atoms with Crippen molar-refractivity contribution in [2.75, 3.05) is 0 Å². The van der Waals surface area contributed by atoms with E-state index < -0.39 is 0 Å². The summed E-state index contributed by atoms with van der Waals surface area (Å²) in [6, 6.07) is 6.26. The first-order chi connectivity index (χ1) is 10.1. The average Bonchev–Trinajstić information content (AvgIpc) is 2.82. The molecule has 0 unspecified atom stereocenters. The number of benzene rings is 2. The van der Waals surface area contributed by atoms with Crippen molar-refractivity contribution >= 4 is 43.1 Å². The summed E-state index contributed by atoms with van der Waals surface area (Å²) in [6.07, 6.45) is 2.72. The number of hydrogen-bond donors (Lipinski definition) is 1. The fourth-order valence-corrected chi connectivity index (χ4v) is 4.74. The third-order valence-electron chi connectivity index (χ3n) is 4.18. The minimum absolute atomic E-state index is 0.399. The second-order valence-corrected chi connectivity index (χ2v) is 6.77. The van der Waals surface area contributed by atoms with Gasteiger partial charge in [-0.25, -0.2) is 0 Å². The Bertz CT molecular complexity index is 832. The van der Waals surface area contributed by atoms with Crippen molar-refractivity contribution in [2.24, 2.45) is 0 Å². The summed E-state index contributed by atoms with van der Waals surface area (Å²) in [7, 11) is 0. The Morgan fingerprint density at radius 1 is 0.952 bits per heavy atom. The zero-order valence-electron chi connectivity index (χ0n) is 12.6. The molecule has 0 saturated carbocycles. The van der Waals surface area contributed by atoms with Crippen LogP contribution in [0.1, 0.15) is 37.5 Å². The van der Waals surface area contributed by atoms with E-state index in [1.807, 2.05) is 6.07 Å². The number of phenolic OH excluding ortho intramolecular Hbond substituents is 1. The number of thiophene rings is 1. The zero-order chi connectivity index (χ0) is 15.1. The molecule has 0 bridgehead atoms. The standard InChI is InChI=1S/C18H19ClOS/c1-4-10-7-13-14-8-11(5-2)17(19)12(6-3)18(14)21-16(13)9-15(10)20/h7-9,20H,4-6H2,1-3H3. The second kappa shape index (κ2) is 5.51. The molecule has 0 saturated heterocycles. The number of fused-ring (bicyclic) bond motifs is 3. The molecule has 110 valence electrons. The van der Waals surface area contributed by atoms with E-state index in [0.717, 1.165) is 34.5 Å². The lowest BCUT2D eigenvalue weighted by Gasteiger charge is -2.08. The van der Waals surface area contributed by atoms with Crippen molar-refractivity contribution in [3.05, 3.63) is 39.9 Å². The number of aryl methyl sites for hydroxylation is 3. The molecule has 0 radical (unpaired) electrons. The number of halogens is 1. The van der Waals surface area contributed by atoms with Gasteiger partial charge in [-0.05, 0) is 54.2 Å². The topological polar surface area (TPSA) is 20.2 Å². The number of rotatable bonds is 3. The predicted molar refractivity (Wildman–Crippen MR) is 94.1 cm³/mol. The summed E-state index contributed by atoms with van der Waals surface area (Å²) in [5, 5.41) is 13.5. The summed E-state index contributed by atoms with van der Waals surface area (Å²) in [5.41, 5.74) is 3.46. The molecule has 21 heavy (non-hydrogen) atoms. The Balaban J connectivity index is 2.47. The average molecular weight is 319 g/mol. The van der Waals surface area contributed by atoms with Crippen molar-refractivity contribution in [1.82, 2.24) is 0 Å². The maximum Gasteiger partial charge on any atom is 0.120 e. The van der Waals surface area contributed by atoms with E-state index in [1.165, 1.54) is 26.6 Å². The van der Waals surface area contributed by atoms with Crippen molar-refractivity contribution < 1.29 is 5.11 Å². The van der Waals surface area contributed by atoms with E-state index in [-0.39, 0.29) is 0 Å². The van der Waals surface area contributed by atoms with Crippen molar-refractivity contribution in [2.45, 2.75) is 40.0 Å². The van der Waals surface area contributed by atoms with Gasteiger partial charge in [-0.15, -0.1) is 11.3 Å².